The van der Waals surface area contributed by atoms with E-state index in [0.29, 0.717) is 17.7 Å². The third kappa shape index (κ3) is 9.22. The molecule has 0 radical (unpaired) electrons. The quantitative estimate of drug-likeness (QED) is 0.587. The molecule has 2 rings (SSSR count). The maximum Gasteiger partial charge on any atom is 0.407 e. The average molecular weight is 456 g/mol. The smallest absolute Gasteiger partial charge is 0.407 e. The number of aliphatic hydroxyl groups is 1. The lowest BCUT2D eigenvalue weighted by Crippen LogP contribution is -2.48. The van der Waals surface area contributed by atoms with Gasteiger partial charge >= 0.3 is 6.09 Å². The van der Waals surface area contributed by atoms with Gasteiger partial charge in [0.15, 0.2) is 0 Å². The Morgan fingerprint density at radius 2 is 1.76 bits per heavy atom. The molecule has 1 aromatic heterocycles. The van der Waals surface area contributed by atoms with E-state index in [0.717, 1.165) is 11.1 Å². The summed E-state index contributed by atoms with van der Waals surface area (Å²) < 4.78 is 5.41. The number of benzene rings is 1. The second kappa shape index (κ2) is 10.8. The lowest BCUT2D eigenvalue weighted by Gasteiger charge is -2.27. The predicted octanol–water partition coefficient (Wildman–Crippen LogP) is 3.96. The van der Waals surface area contributed by atoms with Crippen LogP contribution in [0.2, 0.25) is 0 Å². The maximum atomic E-state index is 12.8. The number of amides is 2. The molecule has 0 saturated heterocycles. The summed E-state index contributed by atoms with van der Waals surface area (Å²) in [6, 6.07) is 10.6. The van der Waals surface area contributed by atoms with Crippen molar-refractivity contribution < 1.29 is 19.4 Å². The van der Waals surface area contributed by atoms with Crippen molar-refractivity contribution in [3.63, 3.8) is 0 Å². The van der Waals surface area contributed by atoms with Gasteiger partial charge in [-0.05, 0) is 72.6 Å². The van der Waals surface area contributed by atoms with E-state index in [4.69, 9.17) is 4.74 Å². The molecule has 0 aliphatic carbocycles. The summed E-state index contributed by atoms with van der Waals surface area (Å²) in [6.07, 6.45) is 0.491. The van der Waals surface area contributed by atoms with Gasteiger partial charge in [-0.1, -0.05) is 29.8 Å². The van der Waals surface area contributed by atoms with Gasteiger partial charge in [-0.3, -0.25) is 9.78 Å². The minimum atomic E-state index is -0.992. The molecule has 0 spiro atoms. The number of carbonyl (C=O) groups excluding carboxylic acids is 2. The normalized spacial score (nSPS) is 13.7. The van der Waals surface area contributed by atoms with Gasteiger partial charge in [-0.25, -0.2) is 4.79 Å². The van der Waals surface area contributed by atoms with Crippen LogP contribution in [-0.4, -0.2) is 45.4 Å². The first-order valence-electron chi connectivity index (χ1n) is 11.2. The van der Waals surface area contributed by atoms with Crippen LogP contribution in [0.15, 0.2) is 42.6 Å². The highest BCUT2D eigenvalue weighted by Gasteiger charge is 2.27. The number of pyridine rings is 1. The Morgan fingerprint density at radius 1 is 1.06 bits per heavy atom. The molecule has 7 nitrogen and oxygen atoms in total. The summed E-state index contributed by atoms with van der Waals surface area (Å²) in [6.45, 7) is 13.0. The molecule has 1 heterocycles. The molecule has 0 fully saturated rings. The Balaban J connectivity index is 2.26. The van der Waals surface area contributed by atoms with Crippen LogP contribution in [0.25, 0.3) is 0 Å². The molecule has 0 aliphatic rings. The Hall–Kier alpha value is -2.93. The van der Waals surface area contributed by atoms with Crippen molar-refractivity contribution in [2.45, 2.75) is 84.6 Å². The number of ether oxygens (including phenoxy) is 1. The van der Waals surface area contributed by atoms with Crippen molar-refractivity contribution in [1.82, 2.24) is 15.6 Å². The summed E-state index contributed by atoms with van der Waals surface area (Å²) in [7, 11) is 0. The number of rotatable bonds is 7. The number of aryl methyl sites for hydroxylation is 1. The predicted molar refractivity (Wildman–Crippen MR) is 129 cm³/mol. The zero-order chi connectivity index (χ0) is 24.8. The number of aliphatic hydroxyl groups excluding tert-OH is 1. The van der Waals surface area contributed by atoms with Crippen molar-refractivity contribution in [3.8, 4) is 0 Å². The third-order valence-electron chi connectivity index (χ3n) is 4.73. The lowest BCUT2D eigenvalue weighted by molar-refractivity contribution is 0.0420. The van der Waals surface area contributed by atoms with E-state index < -0.39 is 29.4 Å². The van der Waals surface area contributed by atoms with Crippen molar-refractivity contribution in [2.24, 2.45) is 0 Å². The van der Waals surface area contributed by atoms with Crippen molar-refractivity contribution in [3.05, 3.63) is 65.0 Å². The number of aromatic nitrogens is 1. The van der Waals surface area contributed by atoms with E-state index in [1.54, 1.807) is 39.1 Å². The van der Waals surface area contributed by atoms with Crippen LogP contribution < -0.4 is 10.6 Å². The van der Waals surface area contributed by atoms with Crippen LogP contribution in [0.5, 0.6) is 0 Å². The largest absolute Gasteiger partial charge is 0.444 e. The highest BCUT2D eigenvalue weighted by atomic mass is 16.6. The fourth-order valence-corrected chi connectivity index (χ4v) is 3.39. The molecule has 7 heteroatoms. The molecule has 180 valence electrons. The Morgan fingerprint density at radius 3 is 2.36 bits per heavy atom. The highest BCUT2D eigenvalue weighted by molar-refractivity contribution is 5.95. The van der Waals surface area contributed by atoms with Crippen LogP contribution >= 0.6 is 0 Å². The molecule has 0 aliphatic heterocycles. The Labute approximate surface area is 197 Å². The molecule has 3 N–H and O–H groups in total. The SMILES string of the molecule is Cc1cccc(C[C@@H](NC(=O)OC(C)(C)C)[C@H](O)Cc2ncccc2C(=O)NC(C)(C)C)c1. The standard InChI is InChI=1S/C26H37N3O4/c1-17-10-8-11-18(14-17)15-21(28-24(32)33-26(5,6)7)22(30)16-20-19(12-9-13-27-20)23(31)29-25(2,3)4/h8-14,21-22,30H,15-16H2,1-7H3,(H,28,32)(H,29,31)/t21-,22-/m1/s1. The minimum Gasteiger partial charge on any atom is -0.444 e. The third-order valence-corrected chi connectivity index (χ3v) is 4.73. The van der Waals surface area contributed by atoms with Crippen LogP contribution in [0.1, 0.15) is 68.7 Å². The van der Waals surface area contributed by atoms with Gasteiger partial charge in [0.25, 0.3) is 5.91 Å². The molecule has 0 saturated carbocycles. The summed E-state index contributed by atoms with van der Waals surface area (Å²) in [5, 5.41) is 16.9. The van der Waals surface area contributed by atoms with Gasteiger partial charge in [-0.15, -0.1) is 0 Å². The lowest BCUT2D eigenvalue weighted by atomic mass is 9.95. The summed E-state index contributed by atoms with van der Waals surface area (Å²) >= 11 is 0. The van der Waals surface area contributed by atoms with Gasteiger partial charge in [0.2, 0.25) is 0 Å². The van der Waals surface area contributed by atoms with Crippen molar-refractivity contribution in [1.29, 1.82) is 0 Å². The zero-order valence-electron chi connectivity index (χ0n) is 20.7. The summed E-state index contributed by atoms with van der Waals surface area (Å²) in [5.41, 5.74) is 1.85. The molecule has 2 atom stereocenters. The van der Waals surface area contributed by atoms with Crippen molar-refractivity contribution in [2.75, 3.05) is 0 Å². The van der Waals surface area contributed by atoms with E-state index in [1.807, 2.05) is 52.0 Å². The van der Waals surface area contributed by atoms with Crippen LogP contribution in [0.3, 0.4) is 0 Å². The van der Waals surface area contributed by atoms with Crippen LogP contribution in [-0.2, 0) is 17.6 Å². The molecule has 2 aromatic rings. The molecular weight excluding hydrogens is 418 g/mol. The minimum absolute atomic E-state index is 0.0972. The molecule has 0 bridgehead atoms. The highest BCUT2D eigenvalue weighted by Crippen LogP contribution is 2.16. The number of hydrogen-bond donors (Lipinski definition) is 3. The van der Waals surface area contributed by atoms with Gasteiger partial charge in [0, 0.05) is 18.2 Å². The Kier molecular flexibility index (Phi) is 8.61. The topological polar surface area (TPSA) is 101 Å². The van der Waals surface area contributed by atoms with Crippen LogP contribution in [0, 0.1) is 6.92 Å². The maximum absolute atomic E-state index is 12.8. The first-order chi connectivity index (χ1) is 15.2. The van der Waals surface area contributed by atoms with E-state index in [2.05, 4.69) is 15.6 Å². The summed E-state index contributed by atoms with van der Waals surface area (Å²) in [4.78, 5) is 29.6. The number of carbonyl (C=O) groups is 2. The van der Waals surface area contributed by atoms with Gasteiger partial charge < -0.3 is 20.5 Å². The fourth-order valence-electron chi connectivity index (χ4n) is 3.39. The number of nitrogens with zero attached hydrogens (tertiary/aromatic N) is 1. The molecule has 33 heavy (non-hydrogen) atoms. The zero-order valence-corrected chi connectivity index (χ0v) is 20.7. The van der Waals surface area contributed by atoms with Crippen molar-refractivity contribution >= 4 is 12.0 Å². The first kappa shape index (κ1) is 26.3. The van der Waals surface area contributed by atoms with E-state index in [9.17, 15) is 14.7 Å². The molecule has 2 amide bonds. The van der Waals surface area contributed by atoms with E-state index in [1.165, 1.54) is 0 Å². The molecule has 0 unspecified atom stereocenters. The van der Waals surface area contributed by atoms with Gasteiger partial charge in [-0.2, -0.15) is 0 Å². The van der Waals surface area contributed by atoms with Gasteiger partial charge in [0.1, 0.15) is 5.60 Å². The fraction of sp³-hybridized carbons (Fsp3) is 0.500. The molecule has 1 aromatic carbocycles. The van der Waals surface area contributed by atoms with E-state index >= 15 is 0 Å². The van der Waals surface area contributed by atoms with Gasteiger partial charge in [0.05, 0.1) is 23.4 Å². The Bertz CT molecular complexity index is 960. The summed E-state index contributed by atoms with van der Waals surface area (Å²) in [5.74, 6) is -0.256. The second-order valence-electron chi connectivity index (χ2n) is 10.4. The first-order valence-corrected chi connectivity index (χ1v) is 11.2. The number of alkyl carbamates (subject to hydrolysis) is 1. The number of nitrogens with one attached hydrogen (secondary N) is 2. The average Bonchev–Trinajstić information content (AvgIpc) is 2.65. The molecular formula is C26H37N3O4. The second-order valence-corrected chi connectivity index (χ2v) is 10.4. The number of hydrogen-bond acceptors (Lipinski definition) is 5. The van der Waals surface area contributed by atoms with E-state index in [-0.39, 0.29) is 12.3 Å². The monoisotopic (exact) mass is 455 g/mol. The van der Waals surface area contributed by atoms with Crippen LogP contribution in [0.4, 0.5) is 4.79 Å².